The van der Waals surface area contributed by atoms with Crippen LogP contribution in [0.2, 0.25) is 0 Å². The summed E-state index contributed by atoms with van der Waals surface area (Å²) in [6.45, 7) is 10.9. The maximum absolute atomic E-state index is 14.5. The monoisotopic (exact) mass is 650 g/mol. The minimum Gasteiger partial charge on any atom is -0.475 e. The number of aryl methyl sites for hydroxylation is 2. The molecule has 0 saturated heterocycles. The minimum atomic E-state index is -4.17. The summed E-state index contributed by atoms with van der Waals surface area (Å²) in [5, 5.41) is 4.59. The first-order chi connectivity index (χ1) is 22.4. The molecule has 5 aromatic rings. The fraction of sp³-hybridized carbons (Fsp3) is 0.278. The number of nitrogens with zero attached hydrogens (tertiary/aromatic N) is 5. The lowest BCUT2D eigenvalue weighted by Gasteiger charge is -2.35. The highest BCUT2D eigenvalue weighted by atomic mass is 32.2. The molecular weight excluding hydrogens is 613 g/mol. The van der Waals surface area contributed by atoms with E-state index in [1.165, 1.54) is 12.1 Å². The molecule has 1 aliphatic heterocycles. The predicted molar refractivity (Wildman–Crippen MR) is 182 cm³/mol. The number of anilines is 2. The van der Waals surface area contributed by atoms with E-state index in [0.717, 1.165) is 22.3 Å². The average Bonchev–Trinajstić information content (AvgIpc) is 3.46. The standard InChI is InChI=1S/C36H38N6O4S/c1-24-11-9-12-25(2)33(24)31-18-32-39-35(38-31)40-47(44,45)30-16-10-15-27(17-30)34(43)42(28(23-46-32)19-36(3,4)5)29-20-37-41(22-29)21-26-13-7-6-8-14-26/h6-18,20,22,28H,19,21,23H2,1-5H3,(H,38,39,40)/t28-/m1/s1. The summed E-state index contributed by atoms with van der Waals surface area (Å²) in [7, 11) is -4.17. The highest BCUT2D eigenvalue weighted by Gasteiger charge is 2.33. The molecule has 242 valence electrons. The van der Waals surface area contributed by atoms with Crippen molar-refractivity contribution in [3.63, 3.8) is 0 Å². The second-order valence-electron chi connectivity index (χ2n) is 13.1. The smallest absolute Gasteiger partial charge is 0.264 e. The Kier molecular flexibility index (Phi) is 8.59. The van der Waals surface area contributed by atoms with Crippen molar-refractivity contribution < 1.29 is 17.9 Å². The van der Waals surface area contributed by atoms with Crippen molar-refractivity contribution in [3.05, 3.63) is 114 Å². The molecule has 0 radical (unpaired) electrons. The lowest BCUT2D eigenvalue weighted by molar-refractivity contribution is 0.0955. The van der Waals surface area contributed by atoms with E-state index in [-0.39, 0.29) is 40.2 Å². The van der Waals surface area contributed by atoms with E-state index in [1.807, 2.05) is 68.6 Å². The topological polar surface area (TPSA) is 119 Å². The van der Waals surface area contributed by atoms with Gasteiger partial charge in [0.05, 0.1) is 35.1 Å². The zero-order valence-electron chi connectivity index (χ0n) is 27.1. The van der Waals surface area contributed by atoms with Gasteiger partial charge in [-0.1, -0.05) is 75.4 Å². The SMILES string of the molecule is Cc1cccc(C)c1-c1cc2nc(n1)NS(=O)(=O)c1cccc(c1)C(=O)N(c1cnn(Cc3ccccc3)c1)[C@H](CC(C)(C)C)CO2. The number of nitrogens with one attached hydrogen (secondary N) is 1. The van der Waals surface area contributed by atoms with Crippen molar-refractivity contribution in [1.29, 1.82) is 0 Å². The average molecular weight is 651 g/mol. The number of benzene rings is 3. The second-order valence-corrected chi connectivity index (χ2v) is 14.8. The summed E-state index contributed by atoms with van der Waals surface area (Å²) >= 11 is 0. The van der Waals surface area contributed by atoms with Crippen molar-refractivity contribution in [3.8, 4) is 17.1 Å². The van der Waals surface area contributed by atoms with Crippen LogP contribution in [0.5, 0.6) is 5.88 Å². The minimum absolute atomic E-state index is 0.0850. The molecule has 2 aromatic heterocycles. The van der Waals surface area contributed by atoms with Gasteiger partial charge in [-0.05, 0) is 60.6 Å². The third-order valence-corrected chi connectivity index (χ3v) is 9.32. The van der Waals surface area contributed by atoms with Crippen molar-refractivity contribution in [2.45, 2.75) is 58.5 Å². The van der Waals surface area contributed by atoms with Gasteiger partial charge in [-0.3, -0.25) is 14.4 Å². The van der Waals surface area contributed by atoms with E-state index < -0.39 is 16.1 Å². The Morgan fingerprint density at radius 3 is 2.38 bits per heavy atom. The largest absolute Gasteiger partial charge is 0.475 e. The van der Waals surface area contributed by atoms with Crippen LogP contribution >= 0.6 is 0 Å². The summed E-state index contributed by atoms with van der Waals surface area (Å²) in [4.78, 5) is 25.1. The van der Waals surface area contributed by atoms with Gasteiger partial charge in [0, 0.05) is 23.4 Å². The van der Waals surface area contributed by atoms with Crippen LogP contribution in [0.25, 0.3) is 11.3 Å². The summed E-state index contributed by atoms with van der Waals surface area (Å²) in [6, 6.07) is 23.1. The molecular formula is C36H38N6O4S. The van der Waals surface area contributed by atoms with Gasteiger partial charge < -0.3 is 4.74 Å². The number of ether oxygens (including phenoxy) is 1. The quantitative estimate of drug-likeness (QED) is 0.226. The lowest BCUT2D eigenvalue weighted by atomic mass is 9.87. The van der Waals surface area contributed by atoms with Gasteiger partial charge in [0.15, 0.2) is 0 Å². The van der Waals surface area contributed by atoms with Crippen LogP contribution in [-0.2, 0) is 16.6 Å². The van der Waals surface area contributed by atoms with Crippen molar-refractivity contribution in [1.82, 2.24) is 19.7 Å². The lowest BCUT2D eigenvalue weighted by Crippen LogP contribution is -2.46. The molecule has 3 aromatic carbocycles. The number of hydrogen-bond acceptors (Lipinski definition) is 7. The Balaban J connectivity index is 1.49. The van der Waals surface area contributed by atoms with E-state index in [4.69, 9.17) is 4.74 Å². The number of carbonyl (C=O) groups excluding carboxylic acids is 1. The first-order valence-corrected chi connectivity index (χ1v) is 17.0. The molecule has 0 aliphatic carbocycles. The van der Waals surface area contributed by atoms with E-state index in [0.29, 0.717) is 24.3 Å². The van der Waals surface area contributed by atoms with Gasteiger partial charge in [0.1, 0.15) is 6.61 Å². The number of rotatable bonds is 5. The normalized spacial score (nSPS) is 16.3. The zero-order chi connectivity index (χ0) is 33.3. The Morgan fingerprint density at radius 2 is 1.66 bits per heavy atom. The summed E-state index contributed by atoms with van der Waals surface area (Å²) in [5.74, 6) is -0.303. The van der Waals surface area contributed by atoms with Gasteiger partial charge in [0.2, 0.25) is 11.8 Å². The Hall–Kier alpha value is -5.03. The van der Waals surface area contributed by atoms with Crippen LogP contribution in [0.1, 0.15) is 54.2 Å². The van der Waals surface area contributed by atoms with E-state index in [9.17, 15) is 13.2 Å². The molecule has 0 saturated carbocycles. The third-order valence-electron chi connectivity index (χ3n) is 8.00. The molecule has 1 aliphatic rings. The molecule has 47 heavy (non-hydrogen) atoms. The van der Waals surface area contributed by atoms with E-state index >= 15 is 0 Å². The predicted octanol–water partition coefficient (Wildman–Crippen LogP) is 6.65. The molecule has 0 unspecified atom stereocenters. The molecule has 1 amide bonds. The Labute approximate surface area is 275 Å². The number of carbonyl (C=O) groups is 1. The van der Waals surface area contributed by atoms with Gasteiger partial charge in [-0.2, -0.15) is 10.1 Å². The first-order valence-electron chi connectivity index (χ1n) is 15.5. The molecule has 11 heteroatoms. The first kappa shape index (κ1) is 31.9. The summed E-state index contributed by atoms with van der Waals surface area (Å²) in [6.07, 6.45) is 4.07. The Bertz CT molecular complexity index is 2020. The summed E-state index contributed by atoms with van der Waals surface area (Å²) < 4.78 is 38.0. The van der Waals surface area contributed by atoms with Crippen molar-refractivity contribution >= 4 is 27.6 Å². The molecule has 0 fully saturated rings. The molecule has 6 rings (SSSR count). The number of hydrogen-bond donors (Lipinski definition) is 1. The van der Waals surface area contributed by atoms with Crippen LogP contribution in [0, 0.1) is 19.3 Å². The van der Waals surface area contributed by atoms with E-state index in [2.05, 4.69) is 40.6 Å². The molecule has 0 spiro atoms. The van der Waals surface area contributed by atoms with Crippen LogP contribution in [0.3, 0.4) is 0 Å². The van der Waals surface area contributed by atoms with Crippen LogP contribution in [0.15, 0.2) is 96.2 Å². The molecule has 1 N–H and O–H groups in total. The van der Waals surface area contributed by atoms with Gasteiger partial charge >= 0.3 is 0 Å². The van der Waals surface area contributed by atoms with Gasteiger partial charge in [-0.15, -0.1) is 0 Å². The number of aromatic nitrogens is 4. The summed E-state index contributed by atoms with van der Waals surface area (Å²) in [5.41, 5.74) is 4.99. The molecule has 1 atom stereocenters. The number of fused-ring (bicyclic) bond motifs is 4. The second kappa shape index (κ2) is 12.6. The number of sulfonamides is 1. The Morgan fingerprint density at radius 1 is 0.936 bits per heavy atom. The van der Waals surface area contributed by atoms with Crippen LogP contribution in [0.4, 0.5) is 11.6 Å². The zero-order valence-corrected chi connectivity index (χ0v) is 28.0. The molecule has 10 nitrogen and oxygen atoms in total. The molecule has 4 bridgehead atoms. The van der Waals surface area contributed by atoms with Crippen LogP contribution < -0.4 is 14.4 Å². The maximum Gasteiger partial charge on any atom is 0.264 e. The van der Waals surface area contributed by atoms with Crippen molar-refractivity contribution in [2.24, 2.45) is 5.41 Å². The van der Waals surface area contributed by atoms with E-state index in [1.54, 1.807) is 34.0 Å². The van der Waals surface area contributed by atoms with Gasteiger partial charge in [0.25, 0.3) is 15.9 Å². The fourth-order valence-electron chi connectivity index (χ4n) is 5.95. The fourth-order valence-corrected chi connectivity index (χ4v) is 6.94. The third kappa shape index (κ3) is 7.20. The molecule has 3 heterocycles. The van der Waals surface area contributed by atoms with Crippen molar-refractivity contribution in [2.75, 3.05) is 16.2 Å². The number of amides is 1. The highest BCUT2D eigenvalue weighted by molar-refractivity contribution is 7.92. The highest BCUT2D eigenvalue weighted by Crippen LogP contribution is 2.33. The maximum atomic E-state index is 14.5. The van der Waals surface area contributed by atoms with Gasteiger partial charge in [-0.25, -0.2) is 18.1 Å². The van der Waals surface area contributed by atoms with Crippen LogP contribution in [-0.4, -0.2) is 46.7 Å².